The zero-order valence-corrected chi connectivity index (χ0v) is 11.3. The summed E-state index contributed by atoms with van der Waals surface area (Å²) in [7, 11) is 0. The van der Waals surface area contributed by atoms with Gasteiger partial charge in [-0.15, -0.1) is 0 Å². The van der Waals surface area contributed by atoms with Gasteiger partial charge in [0.1, 0.15) is 5.82 Å². The number of nitrogen functional groups attached to an aromatic ring is 1. The van der Waals surface area contributed by atoms with Gasteiger partial charge in [-0.3, -0.25) is 4.98 Å². The van der Waals surface area contributed by atoms with Crippen LogP contribution in [0.3, 0.4) is 0 Å². The van der Waals surface area contributed by atoms with Crippen molar-refractivity contribution in [2.45, 2.75) is 19.3 Å². The number of hydrogen-bond donors (Lipinski definition) is 2. The largest absolute Gasteiger partial charge is 0.341 e. The third kappa shape index (κ3) is 2.70. The van der Waals surface area contributed by atoms with Gasteiger partial charge in [0.2, 0.25) is 5.95 Å². The molecule has 6 nitrogen and oxygen atoms in total. The molecule has 6 heteroatoms. The van der Waals surface area contributed by atoms with Gasteiger partial charge < -0.3 is 10.3 Å². The highest BCUT2D eigenvalue weighted by molar-refractivity contribution is 5.63. The molecule has 0 spiro atoms. The molecule has 1 aliphatic rings. The molecule has 3 heterocycles. The van der Waals surface area contributed by atoms with Crippen molar-refractivity contribution in [3.05, 3.63) is 30.6 Å². The summed E-state index contributed by atoms with van der Waals surface area (Å²) in [6.07, 6.45) is 7.17. The van der Waals surface area contributed by atoms with Crippen LogP contribution in [0.5, 0.6) is 0 Å². The fourth-order valence-electron chi connectivity index (χ4n) is 2.41. The first kappa shape index (κ1) is 12.8. The molecule has 1 fully saturated rings. The number of aromatic nitrogens is 3. The number of hydrogen-bond acceptors (Lipinski definition) is 6. The lowest BCUT2D eigenvalue weighted by Gasteiger charge is -2.27. The molecule has 0 atom stereocenters. The number of piperidine rings is 1. The van der Waals surface area contributed by atoms with Crippen LogP contribution in [0.15, 0.2) is 30.6 Å². The second-order valence-corrected chi connectivity index (χ2v) is 4.87. The van der Waals surface area contributed by atoms with Crippen LogP contribution in [-0.2, 0) is 0 Å². The molecule has 0 aromatic carbocycles. The van der Waals surface area contributed by atoms with E-state index in [1.807, 2.05) is 18.2 Å². The van der Waals surface area contributed by atoms with E-state index in [-0.39, 0.29) is 0 Å². The van der Waals surface area contributed by atoms with Gasteiger partial charge >= 0.3 is 0 Å². The molecule has 0 bridgehead atoms. The molecule has 0 amide bonds. The van der Waals surface area contributed by atoms with E-state index >= 15 is 0 Å². The summed E-state index contributed by atoms with van der Waals surface area (Å²) in [6, 6.07) is 5.72. The molecular weight excluding hydrogens is 252 g/mol. The van der Waals surface area contributed by atoms with Gasteiger partial charge in [0.05, 0.1) is 5.69 Å². The van der Waals surface area contributed by atoms with Gasteiger partial charge in [0.15, 0.2) is 0 Å². The zero-order chi connectivity index (χ0) is 13.8. The van der Waals surface area contributed by atoms with E-state index in [1.54, 1.807) is 12.4 Å². The monoisotopic (exact) mass is 270 g/mol. The van der Waals surface area contributed by atoms with Gasteiger partial charge in [-0.1, -0.05) is 0 Å². The van der Waals surface area contributed by atoms with Gasteiger partial charge in [-0.2, -0.15) is 4.98 Å². The molecule has 0 saturated carbocycles. The fourth-order valence-corrected chi connectivity index (χ4v) is 2.41. The van der Waals surface area contributed by atoms with Gasteiger partial charge in [0.25, 0.3) is 0 Å². The maximum absolute atomic E-state index is 5.52. The molecule has 0 radical (unpaired) electrons. The molecule has 3 rings (SSSR count). The number of rotatable bonds is 3. The average molecular weight is 270 g/mol. The van der Waals surface area contributed by atoms with Crippen LogP contribution < -0.4 is 16.2 Å². The summed E-state index contributed by atoms with van der Waals surface area (Å²) in [5, 5.41) is 0. The maximum atomic E-state index is 5.52. The van der Waals surface area contributed by atoms with E-state index in [0.29, 0.717) is 5.82 Å². The summed E-state index contributed by atoms with van der Waals surface area (Å²) in [6.45, 7) is 2.01. The van der Waals surface area contributed by atoms with E-state index in [4.69, 9.17) is 5.84 Å². The Morgan fingerprint density at radius 2 is 1.80 bits per heavy atom. The Labute approximate surface area is 118 Å². The third-order valence-electron chi connectivity index (χ3n) is 3.48. The smallest absolute Gasteiger partial charge is 0.227 e. The molecule has 3 N–H and O–H groups in total. The number of pyridine rings is 1. The summed E-state index contributed by atoms with van der Waals surface area (Å²) >= 11 is 0. The second kappa shape index (κ2) is 5.83. The van der Waals surface area contributed by atoms with Crippen LogP contribution in [0.1, 0.15) is 19.3 Å². The molecule has 2 aromatic heterocycles. The minimum absolute atomic E-state index is 0.632. The molecular formula is C14H18N6. The van der Waals surface area contributed by atoms with Crippen molar-refractivity contribution in [2.75, 3.05) is 23.4 Å². The topological polar surface area (TPSA) is 80.0 Å². The Hall–Kier alpha value is -2.21. The van der Waals surface area contributed by atoms with Crippen LogP contribution in [0.25, 0.3) is 11.3 Å². The van der Waals surface area contributed by atoms with Crippen molar-refractivity contribution < 1.29 is 0 Å². The molecule has 0 aliphatic carbocycles. The minimum Gasteiger partial charge on any atom is -0.341 e. The first-order chi connectivity index (χ1) is 9.86. The van der Waals surface area contributed by atoms with Gasteiger partial charge in [0, 0.05) is 37.1 Å². The van der Waals surface area contributed by atoms with Crippen LogP contribution in [0.4, 0.5) is 11.8 Å². The lowest BCUT2D eigenvalue weighted by molar-refractivity contribution is 0.568. The first-order valence-electron chi connectivity index (χ1n) is 6.88. The average Bonchev–Trinajstić information content (AvgIpc) is 2.56. The zero-order valence-electron chi connectivity index (χ0n) is 11.3. The molecule has 20 heavy (non-hydrogen) atoms. The highest BCUT2D eigenvalue weighted by Crippen LogP contribution is 2.23. The number of hydrazine groups is 1. The number of nitrogens with two attached hydrogens (primary N) is 1. The van der Waals surface area contributed by atoms with E-state index in [2.05, 4.69) is 25.3 Å². The fraction of sp³-hybridized carbons (Fsp3) is 0.357. The summed E-state index contributed by atoms with van der Waals surface area (Å²) in [5.74, 6) is 6.90. The Balaban J connectivity index is 1.98. The minimum atomic E-state index is 0.632. The van der Waals surface area contributed by atoms with E-state index in [9.17, 15) is 0 Å². The summed E-state index contributed by atoms with van der Waals surface area (Å²) < 4.78 is 0. The number of nitrogens with one attached hydrogen (secondary N) is 1. The molecule has 0 unspecified atom stereocenters. The van der Waals surface area contributed by atoms with Crippen molar-refractivity contribution in [3.8, 4) is 11.3 Å². The Morgan fingerprint density at radius 1 is 1.05 bits per heavy atom. The highest BCUT2D eigenvalue weighted by Gasteiger charge is 2.15. The Morgan fingerprint density at radius 3 is 2.50 bits per heavy atom. The van der Waals surface area contributed by atoms with E-state index in [0.717, 1.165) is 30.3 Å². The van der Waals surface area contributed by atoms with Crippen molar-refractivity contribution in [2.24, 2.45) is 5.84 Å². The first-order valence-corrected chi connectivity index (χ1v) is 6.88. The van der Waals surface area contributed by atoms with Crippen molar-refractivity contribution in [3.63, 3.8) is 0 Å². The van der Waals surface area contributed by atoms with Crippen molar-refractivity contribution in [1.82, 2.24) is 15.0 Å². The second-order valence-electron chi connectivity index (χ2n) is 4.87. The van der Waals surface area contributed by atoms with E-state index in [1.165, 1.54) is 19.3 Å². The van der Waals surface area contributed by atoms with Crippen molar-refractivity contribution in [1.29, 1.82) is 0 Å². The molecule has 104 valence electrons. The van der Waals surface area contributed by atoms with Gasteiger partial charge in [-0.05, 0) is 31.4 Å². The van der Waals surface area contributed by atoms with Crippen molar-refractivity contribution >= 4 is 11.8 Å². The normalized spacial score (nSPS) is 15.2. The predicted octanol–water partition coefficient (Wildman–Crippen LogP) is 1.81. The Kier molecular flexibility index (Phi) is 3.73. The predicted molar refractivity (Wildman–Crippen MR) is 79.1 cm³/mol. The summed E-state index contributed by atoms with van der Waals surface area (Å²) in [4.78, 5) is 15.4. The van der Waals surface area contributed by atoms with Crippen LogP contribution in [0, 0.1) is 0 Å². The van der Waals surface area contributed by atoms with Crippen LogP contribution in [-0.4, -0.2) is 28.0 Å². The maximum Gasteiger partial charge on any atom is 0.227 e. The highest BCUT2D eigenvalue weighted by atomic mass is 15.3. The third-order valence-corrected chi connectivity index (χ3v) is 3.48. The molecule has 1 saturated heterocycles. The SMILES string of the molecule is NNc1cc(-c2ccncc2)nc(N2CCCCC2)n1. The van der Waals surface area contributed by atoms with E-state index < -0.39 is 0 Å². The van der Waals surface area contributed by atoms with Crippen LogP contribution >= 0.6 is 0 Å². The number of nitrogens with zero attached hydrogens (tertiary/aromatic N) is 4. The Bertz CT molecular complexity index is 565. The molecule has 1 aliphatic heterocycles. The quantitative estimate of drug-likeness (QED) is 0.654. The standard InChI is InChI=1S/C14H18N6/c15-19-13-10-12(11-4-6-16-7-5-11)17-14(18-13)20-8-2-1-3-9-20/h4-7,10H,1-3,8-9,15H2,(H,17,18,19). The lowest BCUT2D eigenvalue weighted by atomic mass is 10.1. The summed E-state index contributed by atoms with van der Waals surface area (Å²) in [5.41, 5.74) is 4.49. The lowest BCUT2D eigenvalue weighted by Crippen LogP contribution is -2.31. The van der Waals surface area contributed by atoms with Crippen LogP contribution in [0.2, 0.25) is 0 Å². The number of anilines is 2. The molecule has 2 aromatic rings. The van der Waals surface area contributed by atoms with Gasteiger partial charge in [-0.25, -0.2) is 10.8 Å².